The van der Waals surface area contributed by atoms with Crippen molar-refractivity contribution >= 4 is 0 Å². The smallest absolute Gasteiger partial charge is 0.0546 e. The van der Waals surface area contributed by atoms with Gasteiger partial charge in [-0.1, -0.05) is 122 Å². The van der Waals surface area contributed by atoms with Gasteiger partial charge in [-0.25, -0.2) is 0 Å². The second kappa shape index (κ2) is 29.3. The Bertz CT molecular complexity index is 475. The van der Waals surface area contributed by atoms with Crippen LogP contribution in [0, 0.1) is 0 Å². The topological polar surface area (TPSA) is 114 Å². The van der Waals surface area contributed by atoms with Gasteiger partial charge in [-0.2, -0.15) is 0 Å². The standard InChI is InChI=1S/C33H74N6/c1-5-6-7-8-9-10-11-12-13-14-15-16-17-18-19-20-23-32(35)24-21-22-25-33(36)39-28-31(4)38-27-30(3)37-26-29(2)34/h29-33,37-39H,5-28,34-36H2,1-4H3. The fraction of sp³-hybridized carbons (Fsp3) is 1.00. The van der Waals surface area contributed by atoms with E-state index in [2.05, 4.69) is 36.7 Å². The molecule has 5 unspecified atom stereocenters. The molecular weight excluding hydrogens is 480 g/mol. The maximum atomic E-state index is 6.38. The van der Waals surface area contributed by atoms with Gasteiger partial charge < -0.3 is 33.2 Å². The van der Waals surface area contributed by atoms with Gasteiger partial charge in [-0.3, -0.25) is 0 Å². The number of hydrogen-bond acceptors (Lipinski definition) is 6. The van der Waals surface area contributed by atoms with Crippen molar-refractivity contribution in [3.8, 4) is 0 Å². The summed E-state index contributed by atoms with van der Waals surface area (Å²) in [6.07, 6.45) is 28.5. The monoisotopic (exact) mass is 555 g/mol. The van der Waals surface area contributed by atoms with Crippen LogP contribution in [0.3, 0.4) is 0 Å². The summed E-state index contributed by atoms with van der Waals surface area (Å²) in [6.45, 7) is 11.4. The van der Waals surface area contributed by atoms with Gasteiger partial charge >= 0.3 is 0 Å². The van der Waals surface area contributed by atoms with Gasteiger partial charge in [0.15, 0.2) is 0 Å². The van der Waals surface area contributed by atoms with Crippen molar-refractivity contribution in [3.05, 3.63) is 0 Å². The zero-order valence-electron chi connectivity index (χ0n) is 27.1. The summed E-state index contributed by atoms with van der Waals surface area (Å²) >= 11 is 0. The lowest BCUT2D eigenvalue weighted by Crippen LogP contribution is -2.48. The molecule has 0 spiro atoms. The summed E-state index contributed by atoms with van der Waals surface area (Å²) in [5.74, 6) is 0. The average molecular weight is 555 g/mol. The molecule has 6 nitrogen and oxygen atoms in total. The SMILES string of the molecule is CCCCCCCCCCCCCCCCCCC(N)CCCCC(N)NCC(C)NCC(C)NCC(C)N. The van der Waals surface area contributed by atoms with E-state index in [4.69, 9.17) is 17.2 Å². The number of nitrogens with two attached hydrogens (primary N) is 3. The van der Waals surface area contributed by atoms with E-state index in [-0.39, 0.29) is 12.2 Å². The molecule has 0 aliphatic rings. The molecule has 0 rings (SSSR count). The van der Waals surface area contributed by atoms with Crippen molar-refractivity contribution in [1.82, 2.24) is 16.0 Å². The van der Waals surface area contributed by atoms with Crippen LogP contribution in [0.5, 0.6) is 0 Å². The zero-order valence-corrected chi connectivity index (χ0v) is 27.1. The molecule has 0 radical (unpaired) electrons. The fourth-order valence-electron chi connectivity index (χ4n) is 5.21. The van der Waals surface area contributed by atoms with Gasteiger partial charge in [0.1, 0.15) is 0 Å². The van der Waals surface area contributed by atoms with E-state index in [1.165, 1.54) is 116 Å². The number of hydrogen-bond donors (Lipinski definition) is 6. The van der Waals surface area contributed by atoms with E-state index in [0.717, 1.165) is 38.9 Å². The molecule has 5 atom stereocenters. The minimum absolute atomic E-state index is 0.0689. The van der Waals surface area contributed by atoms with Crippen LogP contribution in [0.1, 0.15) is 163 Å². The van der Waals surface area contributed by atoms with Gasteiger partial charge in [-0.15, -0.1) is 0 Å². The molecule has 0 heterocycles. The Labute approximate surface area is 245 Å². The van der Waals surface area contributed by atoms with E-state index in [9.17, 15) is 0 Å². The number of nitrogens with one attached hydrogen (secondary N) is 3. The van der Waals surface area contributed by atoms with Crippen LogP contribution in [0.2, 0.25) is 0 Å². The highest BCUT2D eigenvalue weighted by atomic mass is 15.1. The Morgan fingerprint density at radius 1 is 0.436 bits per heavy atom. The first-order valence-corrected chi connectivity index (χ1v) is 17.3. The molecule has 0 saturated heterocycles. The van der Waals surface area contributed by atoms with Crippen LogP contribution in [0.25, 0.3) is 0 Å². The Kier molecular flexibility index (Phi) is 29.1. The predicted octanol–water partition coefficient (Wildman–Crippen LogP) is 6.70. The Morgan fingerprint density at radius 3 is 1.26 bits per heavy atom. The summed E-state index contributed by atoms with van der Waals surface area (Å²) in [5.41, 5.74) is 18.5. The first-order valence-electron chi connectivity index (χ1n) is 17.3. The molecule has 236 valence electrons. The third-order valence-electron chi connectivity index (χ3n) is 8.02. The molecule has 0 aliphatic carbocycles. The lowest BCUT2D eigenvalue weighted by molar-refractivity contribution is 0.400. The maximum Gasteiger partial charge on any atom is 0.0546 e. The first kappa shape index (κ1) is 38.8. The molecule has 0 aromatic carbocycles. The van der Waals surface area contributed by atoms with E-state index in [1.807, 2.05) is 6.92 Å². The highest BCUT2D eigenvalue weighted by Crippen LogP contribution is 2.15. The minimum atomic E-state index is 0.0689. The predicted molar refractivity (Wildman–Crippen MR) is 175 cm³/mol. The van der Waals surface area contributed by atoms with Gasteiger partial charge in [-0.05, 0) is 40.0 Å². The molecule has 6 heteroatoms. The summed E-state index contributed by atoms with van der Waals surface area (Å²) in [4.78, 5) is 0. The summed E-state index contributed by atoms with van der Waals surface area (Å²) < 4.78 is 0. The molecule has 39 heavy (non-hydrogen) atoms. The minimum Gasteiger partial charge on any atom is -0.328 e. The molecule has 0 bridgehead atoms. The Morgan fingerprint density at radius 2 is 0.795 bits per heavy atom. The van der Waals surface area contributed by atoms with Crippen LogP contribution in [0.15, 0.2) is 0 Å². The molecule has 0 aliphatic heterocycles. The summed E-state index contributed by atoms with van der Waals surface area (Å²) in [5, 5.41) is 10.5. The third kappa shape index (κ3) is 30.5. The van der Waals surface area contributed by atoms with E-state index >= 15 is 0 Å². The van der Waals surface area contributed by atoms with Crippen LogP contribution < -0.4 is 33.2 Å². The summed E-state index contributed by atoms with van der Waals surface area (Å²) in [6, 6.07) is 1.36. The van der Waals surface area contributed by atoms with Gasteiger partial charge in [0, 0.05) is 43.8 Å². The Balaban J connectivity index is 3.41. The van der Waals surface area contributed by atoms with E-state index in [1.54, 1.807) is 0 Å². The van der Waals surface area contributed by atoms with Crippen molar-refractivity contribution in [1.29, 1.82) is 0 Å². The normalized spacial score (nSPS) is 15.8. The van der Waals surface area contributed by atoms with E-state index < -0.39 is 0 Å². The van der Waals surface area contributed by atoms with Crippen LogP contribution in [0.4, 0.5) is 0 Å². The first-order chi connectivity index (χ1) is 18.8. The molecule has 0 aromatic heterocycles. The molecule has 0 saturated carbocycles. The van der Waals surface area contributed by atoms with Crippen molar-refractivity contribution in [2.75, 3.05) is 19.6 Å². The maximum absolute atomic E-state index is 6.38. The zero-order chi connectivity index (χ0) is 29.0. The molecule has 9 N–H and O–H groups in total. The molecule has 0 aromatic rings. The van der Waals surface area contributed by atoms with Gasteiger partial charge in [0.05, 0.1) is 6.17 Å². The van der Waals surface area contributed by atoms with Crippen LogP contribution >= 0.6 is 0 Å². The van der Waals surface area contributed by atoms with Crippen molar-refractivity contribution in [2.45, 2.75) is 193 Å². The molecule has 0 fully saturated rings. The summed E-state index contributed by atoms with van der Waals surface area (Å²) in [7, 11) is 0. The number of rotatable bonds is 31. The highest BCUT2D eigenvalue weighted by molar-refractivity contribution is 4.73. The second-order valence-corrected chi connectivity index (χ2v) is 12.7. The van der Waals surface area contributed by atoms with Crippen molar-refractivity contribution in [2.24, 2.45) is 17.2 Å². The second-order valence-electron chi connectivity index (χ2n) is 12.7. The van der Waals surface area contributed by atoms with Crippen molar-refractivity contribution in [3.63, 3.8) is 0 Å². The number of unbranched alkanes of at least 4 members (excludes halogenated alkanes) is 16. The van der Waals surface area contributed by atoms with Gasteiger partial charge in [0.25, 0.3) is 0 Å². The van der Waals surface area contributed by atoms with Crippen LogP contribution in [-0.2, 0) is 0 Å². The van der Waals surface area contributed by atoms with Crippen LogP contribution in [-0.4, -0.2) is 50.0 Å². The van der Waals surface area contributed by atoms with E-state index in [0.29, 0.717) is 18.1 Å². The Hall–Kier alpha value is -0.240. The lowest BCUT2D eigenvalue weighted by atomic mass is 10.0. The lowest BCUT2D eigenvalue weighted by Gasteiger charge is -2.22. The molecule has 0 amide bonds. The average Bonchev–Trinajstić information content (AvgIpc) is 2.91. The third-order valence-corrected chi connectivity index (χ3v) is 8.02. The largest absolute Gasteiger partial charge is 0.328 e. The molecular formula is C33H74N6. The van der Waals surface area contributed by atoms with Crippen molar-refractivity contribution < 1.29 is 0 Å². The van der Waals surface area contributed by atoms with Gasteiger partial charge in [0.2, 0.25) is 0 Å². The quantitative estimate of drug-likeness (QED) is 0.0420. The fourth-order valence-corrected chi connectivity index (χ4v) is 5.21. The highest BCUT2D eigenvalue weighted by Gasteiger charge is 2.09.